The average Bonchev–Trinajstić information content (AvgIpc) is 2.89. The number of hydrogen-bond acceptors (Lipinski definition) is 5. The molecule has 1 aliphatic heterocycles. The zero-order valence-electron chi connectivity index (χ0n) is 15.4. The topological polar surface area (TPSA) is 76.1 Å². The molecule has 144 valence electrons. The summed E-state index contributed by atoms with van der Waals surface area (Å²) in [7, 11) is 2.96. The Morgan fingerprint density at radius 1 is 1.21 bits per heavy atom. The van der Waals surface area contributed by atoms with Crippen molar-refractivity contribution < 1.29 is 24.2 Å². The minimum absolute atomic E-state index is 0.000322. The molecule has 28 heavy (non-hydrogen) atoms. The Kier molecular flexibility index (Phi) is 5.45. The van der Waals surface area contributed by atoms with Crippen LogP contribution in [0.1, 0.15) is 22.3 Å². The number of carbonyl (C=O) groups is 2. The predicted molar refractivity (Wildman–Crippen MR) is 108 cm³/mol. The first kappa shape index (κ1) is 19.9. The highest BCUT2D eigenvalue weighted by Gasteiger charge is 2.50. The molecule has 0 fully saturated rings. The zero-order valence-corrected chi connectivity index (χ0v) is 16.9. The lowest BCUT2D eigenvalue weighted by Crippen LogP contribution is -2.42. The summed E-state index contributed by atoms with van der Waals surface area (Å²) in [4.78, 5) is 27.2. The fraction of sp³-hybridized carbons (Fsp3) is 0.238. The number of Topliss-reactive ketones (excluding diaryl/α,β-unsaturated/α-hetero) is 1. The number of anilines is 1. The Balaban J connectivity index is 1.99. The first-order valence-electron chi connectivity index (χ1n) is 8.38. The van der Waals surface area contributed by atoms with Crippen molar-refractivity contribution in [3.63, 3.8) is 0 Å². The van der Waals surface area contributed by atoms with Crippen molar-refractivity contribution >= 4 is 33.3 Å². The van der Waals surface area contributed by atoms with Crippen molar-refractivity contribution in [1.82, 2.24) is 0 Å². The Labute approximate surface area is 171 Å². The van der Waals surface area contributed by atoms with Crippen LogP contribution < -0.4 is 14.4 Å². The van der Waals surface area contributed by atoms with Gasteiger partial charge in [-0.15, -0.1) is 6.42 Å². The summed E-state index contributed by atoms with van der Waals surface area (Å²) in [5, 5.41) is 11.2. The molecule has 0 aromatic heterocycles. The molecule has 0 saturated carbocycles. The summed E-state index contributed by atoms with van der Waals surface area (Å²) in [5.74, 6) is 2.24. The average molecular weight is 444 g/mol. The molecule has 1 N–H and O–H groups in total. The van der Waals surface area contributed by atoms with Crippen molar-refractivity contribution in [3.8, 4) is 23.8 Å². The molecule has 1 atom stereocenters. The number of halogens is 1. The Morgan fingerprint density at radius 2 is 1.93 bits per heavy atom. The smallest absolute Gasteiger partial charge is 0.265 e. The van der Waals surface area contributed by atoms with Crippen LogP contribution >= 0.6 is 15.9 Å². The van der Waals surface area contributed by atoms with E-state index in [1.54, 1.807) is 30.3 Å². The van der Waals surface area contributed by atoms with E-state index < -0.39 is 23.7 Å². The van der Waals surface area contributed by atoms with Gasteiger partial charge < -0.3 is 14.6 Å². The molecular weight excluding hydrogens is 426 g/mol. The van der Waals surface area contributed by atoms with Gasteiger partial charge in [-0.05, 0) is 36.4 Å². The van der Waals surface area contributed by atoms with Gasteiger partial charge in [-0.2, -0.15) is 0 Å². The molecule has 2 aromatic carbocycles. The van der Waals surface area contributed by atoms with Gasteiger partial charge in [-0.3, -0.25) is 14.5 Å². The summed E-state index contributed by atoms with van der Waals surface area (Å²) >= 11 is 3.34. The van der Waals surface area contributed by atoms with Gasteiger partial charge in [-0.1, -0.05) is 21.9 Å². The van der Waals surface area contributed by atoms with Crippen LogP contribution in [0.3, 0.4) is 0 Å². The second-order valence-corrected chi connectivity index (χ2v) is 7.20. The van der Waals surface area contributed by atoms with Crippen molar-refractivity contribution in [1.29, 1.82) is 0 Å². The molecule has 2 aromatic rings. The maximum Gasteiger partial charge on any atom is 0.265 e. The van der Waals surface area contributed by atoms with Gasteiger partial charge in [0.25, 0.3) is 5.91 Å². The number of benzene rings is 2. The zero-order chi connectivity index (χ0) is 20.5. The fourth-order valence-corrected chi connectivity index (χ4v) is 3.65. The lowest BCUT2D eigenvalue weighted by atomic mass is 9.88. The molecule has 0 bridgehead atoms. The quantitative estimate of drug-likeness (QED) is 0.548. The largest absolute Gasteiger partial charge is 0.493 e. The molecule has 3 rings (SSSR count). The number of nitrogens with zero attached hydrogens (tertiary/aromatic N) is 1. The number of ether oxygens (including phenoxy) is 2. The number of amides is 1. The van der Waals surface area contributed by atoms with Gasteiger partial charge >= 0.3 is 0 Å². The van der Waals surface area contributed by atoms with E-state index in [0.29, 0.717) is 32.8 Å². The van der Waals surface area contributed by atoms with Crippen LogP contribution in [0.15, 0.2) is 40.9 Å². The molecule has 0 aliphatic carbocycles. The van der Waals surface area contributed by atoms with Crippen LogP contribution in [0, 0.1) is 12.3 Å². The number of methoxy groups -OCH3 is 2. The number of carbonyl (C=O) groups excluding carboxylic acids is 2. The Hall–Kier alpha value is -2.82. The van der Waals surface area contributed by atoms with E-state index >= 15 is 0 Å². The number of hydrogen-bond donors (Lipinski definition) is 1. The third kappa shape index (κ3) is 3.26. The SMILES string of the molecule is C#CCN1C(=O)[C@](O)(CC(=O)c2ccc(OC)c(OC)c2)c2cc(Br)ccc21. The van der Waals surface area contributed by atoms with Crippen molar-refractivity contribution in [3.05, 3.63) is 52.0 Å². The third-order valence-electron chi connectivity index (χ3n) is 4.67. The summed E-state index contributed by atoms with van der Waals surface area (Å²) in [6.07, 6.45) is 4.95. The maximum atomic E-state index is 12.9. The second-order valence-electron chi connectivity index (χ2n) is 6.29. The van der Waals surface area contributed by atoms with Crippen molar-refractivity contribution in [2.75, 3.05) is 25.7 Å². The van der Waals surface area contributed by atoms with E-state index in [2.05, 4.69) is 21.9 Å². The molecule has 0 radical (unpaired) electrons. The monoisotopic (exact) mass is 443 g/mol. The van der Waals surface area contributed by atoms with Crippen LogP contribution in [0.5, 0.6) is 11.5 Å². The number of fused-ring (bicyclic) bond motifs is 1. The molecule has 6 nitrogen and oxygen atoms in total. The lowest BCUT2D eigenvalue weighted by Gasteiger charge is -2.22. The first-order valence-corrected chi connectivity index (χ1v) is 9.18. The van der Waals surface area contributed by atoms with E-state index in [4.69, 9.17) is 15.9 Å². The van der Waals surface area contributed by atoms with Crippen molar-refractivity contribution in [2.45, 2.75) is 12.0 Å². The molecule has 1 heterocycles. The van der Waals surface area contributed by atoms with Gasteiger partial charge in [-0.25, -0.2) is 0 Å². The fourth-order valence-electron chi connectivity index (χ4n) is 3.29. The number of ketones is 1. The molecule has 1 amide bonds. The van der Waals surface area contributed by atoms with Crippen LogP contribution in [0.25, 0.3) is 0 Å². The van der Waals surface area contributed by atoms with E-state index in [1.807, 2.05) is 0 Å². The molecule has 0 unspecified atom stereocenters. The number of aliphatic hydroxyl groups is 1. The molecular formula is C21H18BrNO5. The summed E-state index contributed by atoms with van der Waals surface area (Å²) < 4.78 is 11.1. The highest BCUT2D eigenvalue weighted by molar-refractivity contribution is 9.10. The Morgan fingerprint density at radius 3 is 2.57 bits per heavy atom. The highest BCUT2D eigenvalue weighted by atomic mass is 79.9. The van der Waals surface area contributed by atoms with Gasteiger partial charge in [0.05, 0.1) is 32.9 Å². The van der Waals surface area contributed by atoms with Gasteiger partial charge in [0.15, 0.2) is 22.9 Å². The molecule has 7 heteroatoms. The van der Waals surface area contributed by atoms with Crippen molar-refractivity contribution in [2.24, 2.45) is 0 Å². The van der Waals surface area contributed by atoms with E-state index in [-0.39, 0.29) is 6.54 Å². The Bertz CT molecular complexity index is 997. The van der Waals surface area contributed by atoms with Gasteiger partial charge in [0.2, 0.25) is 0 Å². The lowest BCUT2D eigenvalue weighted by molar-refractivity contribution is -0.135. The minimum atomic E-state index is -2.00. The number of terminal acetylenes is 1. The normalized spacial score (nSPS) is 17.8. The summed E-state index contributed by atoms with van der Waals surface area (Å²) in [5.41, 5.74) is -0.865. The summed E-state index contributed by atoms with van der Waals surface area (Å²) in [6.45, 7) is 0.000322. The third-order valence-corrected chi connectivity index (χ3v) is 5.16. The molecule has 0 spiro atoms. The highest BCUT2D eigenvalue weighted by Crippen LogP contribution is 2.44. The van der Waals surface area contributed by atoms with Crippen LogP contribution in [0.2, 0.25) is 0 Å². The van der Waals surface area contributed by atoms with Gasteiger partial charge in [0.1, 0.15) is 0 Å². The second kappa shape index (κ2) is 7.66. The van der Waals surface area contributed by atoms with Crippen LogP contribution in [-0.2, 0) is 10.4 Å². The van der Waals surface area contributed by atoms with E-state index in [1.165, 1.54) is 25.2 Å². The minimum Gasteiger partial charge on any atom is -0.493 e. The molecule has 1 aliphatic rings. The van der Waals surface area contributed by atoms with E-state index in [9.17, 15) is 14.7 Å². The predicted octanol–water partition coefficient (Wildman–Crippen LogP) is 2.91. The van der Waals surface area contributed by atoms with Crippen LogP contribution in [0.4, 0.5) is 5.69 Å². The first-order chi connectivity index (χ1) is 13.3. The van der Waals surface area contributed by atoms with E-state index in [0.717, 1.165) is 0 Å². The maximum absolute atomic E-state index is 12.9. The number of rotatable bonds is 6. The van der Waals surface area contributed by atoms with Crippen LogP contribution in [-0.4, -0.2) is 37.6 Å². The summed E-state index contributed by atoms with van der Waals surface area (Å²) in [6, 6.07) is 9.75. The standard InChI is InChI=1S/C21H18BrNO5/c1-4-9-23-16-7-6-14(22)11-15(16)21(26,20(23)25)12-17(24)13-5-8-18(27-2)19(10-13)28-3/h1,5-8,10-11,26H,9,12H2,2-3H3/t21-/m0/s1. The molecule has 0 saturated heterocycles. The van der Waals surface area contributed by atoms with Gasteiger partial charge in [0, 0.05) is 15.6 Å².